The van der Waals surface area contributed by atoms with Gasteiger partial charge in [-0.2, -0.15) is 0 Å². The predicted molar refractivity (Wildman–Crippen MR) is 79.1 cm³/mol. The second-order valence-electron chi connectivity index (χ2n) is 4.68. The molecule has 0 saturated carbocycles. The second-order valence-corrected chi connectivity index (χ2v) is 5.46. The zero-order valence-electron chi connectivity index (χ0n) is 11.2. The summed E-state index contributed by atoms with van der Waals surface area (Å²) in [6.45, 7) is 6.14. The maximum Gasteiger partial charge on any atom is 0.252 e. The molecule has 0 spiro atoms. The predicted octanol–water partition coefficient (Wildman–Crippen LogP) is 3.79. The Morgan fingerprint density at radius 2 is 2.11 bits per heavy atom. The number of rotatable bonds is 7. The molecular formula is C14H19Cl2NO2. The Labute approximate surface area is 124 Å². The van der Waals surface area contributed by atoms with Crippen molar-refractivity contribution in [3.05, 3.63) is 33.8 Å². The van der Waals surface area contributed by atoms with Crippen LogP contribution in [0.3, 0.4) is 0 Å². The van der Waals surface area contributed by atoms with Crippen molar-refractivity contribution in [2.24, 2.45) is 5.92 Å². The van der Waals surface area contributed by atoms with Crippen LogP contribution in [-0.2, 0) is 4.74 Å². The fraction of sp³-hybridized carbons (Fsp3) is 0.500. The lowest BCUT2D eigenvalue weighted by Gasteiger charge is -2.09. The quantitative estimate of drug-likeness (QED) is 0.778. The topological polar surface area (TPSA) is 38.3 Å². The van der Waals surface area contributed by atoms with Gasteiger partial charge in [-0.1, -0.05) is 43.1 Å². The van der Waals surface area contributed by atoms with E-state index in [-0.39, 0.29) is 10.9 Å². The Kier molecular flexibility index (Phi) is 7.21. The Hall–Kier alpha value is -0.770. The van der Waals surface area contributed by atoms with E-state index in [4.69, 9.17) is 27.9 Å². The molecule has 1 aromatic carbocycles. The summed E-state index contributed by atoms with van der Waals surface area (Å²) < 4.78 is 5.43. The summed E-state index contributed by atoms with van der Waals surface area (Å²) in [6.07, 6.45) is 0.774. The number of benzene rings is 1. The molecule has 106 valence electrons. The van der Waals surface area contributed by atoms with Crippen molar-refractivity contribution in [1.29, 1.82) is 0 Å². The van der Waals surface area contributed by atoms with Gasteiger partial charge in [0.25, 0.3) is 5.91 Å². The number of carbonyl (C=O) groups excluding carboxylic acids is 1. The molecule has 0 heterocycles. The van der Waals surface area contributed by atoms with E-state index >= 15 is 0 Å². The summed E-state index contributed by atoms with van der Waals surface area (Å²) in [5.74, 6) is 0.316. The van der Waals surface area contributed by atoms with Crippen LogP contribution in [0.4, 0.5) is 0 Å². The van der Waals surface area contributed by atoms with Gasteiger partial charge >= 0.3 is 0 Å². The van der Waals surface area contributed by atoms with Crippen molar-refractivity contribution in [3.63, 3.8) is 0 Å². The van der Waals surface area contributed by atoms with Crippen molar-refractivity contribution in [1.82, 2.24) is 5.32 Å². The van der Waals surface area contributed by atoms with Gasteiger partial charge < -0.3 is 10.1 Å². The molecule has 1 rings (SSSR count). The Bertz CT molecular complexity index is 422. The van der Waals surface area contributed by atoms with E-state index in [0.29, 0.717) is 29.7 Å². The third-order valence-corrected chi connectivity index (χ3v) is 3.22. The Morgan fingerprint density at radius 1 is 1.37 bits per heavy atom. The first-order valence-electron chi connectivity index (χ1n) is 6.32. The highest BCUT2D eigenvalue weighted by Gasteiger charge is 2.11. The Morgan fingerprint density at radius 3 is 2.79 bits per heavy atom. The standard InChI is InChI=1S/C14H19Cl2NO2/c1-10(2)9-19-8-4-7-17-14(18)11-5-3-6-12(15)13(11)16/h3,5-6,10H,4,7-9H2,1-2H3,(H,17,18). The molecule has 1 N–H and O–H groups in total. The van der Waals surface area contributed by atoms with Gasteiger partial charge in [0.15, 0.2) is 0 Å². The smallest absolute Gasteiger partial charge is 0.252 e. The van der Waals surface area contributed by atoms with Crippen molar-refractivity contribution in [2.75, 3.05) is 19.8 Å². The van der Waals surface area contributed by atoms with Crippen LogP contribution in [-0.4, -0.2) is 25.7 Å². The molecule has 3 nitrogen and oxygen atoms in total. The van der Waals surface area contributed by atoms with Gasteiger partial charge in [0.1, 0.15) is 0 Å². The van der Waals surface area contributed by atoms with Crippen LogP contribution in [0.15, 0.2) is 18.2 Å². The van der Waals surface area contributed by atoms with E-state index in [1.807, 2.05) is 0 Å². The molecule has 0 aliphatic heterocycles. The lowest BCUT2D eigenvalue weighted by Crippen LogP contribution is -2.25. The van der Waals surface area contributed by atoms with Crippen LogP contribution < -0.4 is 5.32 Å². The van der Waals surface area contributed by atoms with E-state index in [1.54, 1.807) is 18.2 Å². The normalized spacial score (nSPS) is 10.8. The number of ether oxygens (including phenoxy) is 1. The molecule has 1 amide bonds. The van der Waals surface area contributed by atoms with Gasteiger partial charge in [-0.3, -0.25) is 4.79 Å². The molecule has 0 saturated heterocycles. The molecule has 0 atom stereocenters. The van der Waals surface area contributed by atoms with Gasteiger partial charge in [-0.05, 0) is 24.5 Å². The lowest BCUT2D eigenvalue weighted by molar-refractivity contribution is 0.0925. The summed E-state index contributed by atoms with van der Waals surface area (Å²) in [5.41, 5.74) is 0.400. The maximum atomic E-state index is 11.9. The summed E-state index contributed by atoms with van der Waals surface area (Å²) >= 11 is 11.8. The van der Waals surface area contributed by atoms with Crippen molar-refractivity contribution in [2.45, 2.75) is 20.3 Å². The minimum absolute atomic E-state index is 0.212. The summed E-state index contributed by atoms with van der Waals surface area (Å²) in [4.78, 5) is 11.9. The van der Waals surface area contributed by atoms with Crippen LogP contribution in [0.25, 0.3) is 0 Å². The minimum atomic E-state index is -0.212. The molecule has 19 heavy (non-hydrogen) atoms. The van der Waals surface area contributed by atoms with Crippen LogP contribution in [0, 0.1) is 5.92 Å². The number of nitrogens with one attached hydrogen (secondary N) is 1. The second kappa shape index (κ2) is 8.41. The molecule has 0 aliphatic rings. The van der Waals surface area contributed by atoms with E-state index in [0.717, 1.165) is 13.0 Å². The van der Waals surface area contributed by atoms with Gasteiger partial charge in [0.2, 0.25) is 0 Å². The lowest BCUT2D eigenvalue weighted by atomic mass is 10.2. The summed E-state index contributed by atoms with van der Waals surface area (Å²) in [6, 6.07) is 5.01. The number of halogens is 2. The van der Waals surface area contributed by atoms with Crippen LogP contribution in [0.1, 0.15) is 30.6 Å². The van der Waals surface area contributed by atoms with E-state index in [9.17, 15) is 4.79 Å². The van der Waals surface area contributed by atoms with Gasteiger partial charge in [-0.25, -0.2) is 0 Å². The van der Waals surface area contributed by atoms with Gasteiger partial charge in [0, 0.05) is 19.8 Å². The van der Waals surface area contributed by atoms with E-state index in [1.165, 1.54) is 0 Å². The molecule has 0 fully saturated rings. The SMILES string of the molecule is CC(C)COCCCNC(=O)c1cccc(Cl)c1Cl. The van der Waals surface area contributed by atoms with Gasteiger partial charge in [0.05, 0.1) is 15.6 Å². The maximum absolute atomic E-state index is 11.9. The van der Waals surface area contributed by atoms with E-state index < -0.39 is 0 Å². The van der Waals surface area contributed by atoms with Gasteiger partial charge in [-0.15, -0.1) is 0 Å². The number of hydrogen-bond donors (Lipinski definition) is 1. The molecule has 0 aromatic heterocycles. The summed E-state index contributed by atoms with van der Waals surface area (Å²) in [5, 5.41) is 3.47. The van der Waals surface area contributed by atoms with Crippen LogP contribution >= 0.6 is 23.2 Å². The molecule has 5 heteroatoms. The van der Waals surface area contributed by atoms with Crippen LogP contribution in [0.2, 0.25) is 10.0 Å². The molecule has 0 bridgehead atoms. The third kappa shape index (κ3) is 5.81. The first-order valence-corrected chi connectivity index (χ1v) is 7.08. The molecule has 0 radical (unpaired) electrons. The van der Waals surface area contributed by atoms with E-state index in [2.05, 4.69) is 19.2 Å². The molecule has 1 aromatic rings. The monoisotopic (exact) mass is 303 g/mol. The average molecular weight is 304 g/mol. The van der Waals surface area contributed by atoms with Crippen molar-refractivity contribution >= 4 is 29.1 Å². The van der Waals surface area contributed by atoms with Crippen molar-refractivity contribution in [3.8, 4) is 0 Å². The fourth-order valence-electron chi connectivity index (χ4n) is 1.47. The highest BCUT2D eigenvalue weighted by atomic mass is 35.5. The highest BCUT2D eigenvalue weighted by molar-refractivity contribution is 6.43. The Balaban J connectivity index is 2.30. The fourth-order valence-corrected chi connectivity index (χ4v) is 1.86. The first-order chi connectivity index (χ1) is 9.02. The van der Waals surface area contributed by atoms with Crippen LogP contribution in [0.5, 0.6) is 0 Å². The molecule has 0 unspecified atom stereocenters. The minimum Gasteiger partial charge on any atom is -0.381 e. The largest absolute Gasteiger partial charge is 0.381 e. The number of carbonyl (C=O) groups is 1. The number of amides is 1. The average Bonchev–Trinajstić information content (AvgIpc) is 2.36. The first kappa shape index (κ1) is 16.3. The number of hydrogen-bond acceptors (Lipinski definition) is 2. The third-order valence-electron chi connectivity index (χ3n) is 2.40. The molecule has 0 aliphatic carbocycles. The zero-order valence-corrected chi connectivity index (χ0v) is 12.7. The molecular weight excluding hydrogens is 285 g/mol. The van der Waals surface area contributed by atoms with Crippen molar-refractivity contribution < 1.29 is 9.53 Å². The highest BCUT2D eigenvalue weighted by Crippen LogP contribution is 2.25. The zero-order chi connectivity index (χ0) is 14.3. The summed E-state index contributed by atoms with van der Waals surface area (Å²) in [7, 11) is 0.